The summed E-state index contributed by atoms with van der Waals surface area (Å²) >= 11 is 0. The Morgan fingerprint density at radius 2 is 1.94 bits per heavy atom. The minimum atomic E-state index is -0.974. The third kappa shape index (κ3) is 7.31. The highest BCUT2D eigenvalue weighted by Gasteiger charge is 2.28. The van der Waals surface area contributed by atoms with Gasteiger partial charge in [0.1, 0.15) is 24.2 Å². The summed E-state index contributed by atoms with van der Waals surface area (Å²) in [6, 6.07) is 13.8. The van der Waals surface area contributed by atoms with Crippen LogP contribution >= 0.6 is 0 Å². The van der Waals surface area contributed by atoms with E-state index in [1.54, 1.807) is 24.3 Å². The number of hydrogen-bond donors (Lipinski definition) is 5. The molecule has 1 aliphatic heterocycles. The molecule has 0 bridgehead atoms. The quantitative estimate of drug-likeness (QED) is 0.234. The molecule has 180 valence electrons. The second-order valence-electron chi connectivity index (χ2n) is 8.02. The molecule has 0 saturated carbocycles. The van der Waals surface area contributed by atoms with E-state index in [2.05, 4.69) is 15.8 Å². The van der Waals surface area contributed by atoms with E-state index in [9.17, 15) is 14.7 Å². The number of nitrogen functional groups attached to an aromatic ring is 1. The fourth-order valence-corrected chi connectivity index (χ4v) is 3.26. The number of ether oxygens (including phenoxy) is 1. The maximum atomic E-state index is 12.4. The van der Waals surface area contributed by atoms with Crippen molar-refractivity contribution in [2.75, 3.05) is 13.2 Å². The summed E-state index contributed by atoms with van der Waals surface area (Å²) in [4.78, 5) is 29.1. The molecule has 1 aliphatic rings. The lowest BCUT2D eigenvalue weighted by atomic mass is 10.1. The number of carbonyl (C=O) groups excluding carboxylic acids is 1. The zero-order chi connectivity index (χ0) is 24.5. The number of aryl methyl sites for hydroxylation is 1. The van der Waals surface area contributed by atoms with Gasteiger partial charge < -0.3 is 31.0 Å². The fraction of sp³-hybridized carbons (Fsp3) is 0.333. The van der Waals surface area contributed by atoms with Gasteiger partial charge in [-0.3, -0.25) is 15.0 Å². The molecule has 6 N–H and O–H groups in total. The Hall–Kier alpha value is -3.92. The number of carboxylic acid groups (broad SMARTS) is 1. The molecule has 0 aromatic heterocycles. The van der Waals surface area contributed by atoms with Gasteiger partial charge in [-0.1, -0.05) is 35.0 Å². The van der Waals surface area contributed by atoms with E-state index in [1.807, 2.05) is 31.2 Å². The molecule has 2 unspecified atom stereocenters. The molecule has 2 aromatic rings. The lowest BCUT2D eigenvalue weighted by molar-refractivity contribution is -0.140. The van der Waals surface area contributed by atoms with E-state index >= 15 is 0 Å². The van der Waals surface area contributed by atoms with Gasteiger partial charge in [0, 0.05) is 25.1 Å². The van der Waals surface area contributed by atoms with E-state index in [0.29, 0.717) is 23.6 Å². The van der Waals surface area contributed by atoms with Crippen LogP contribution in [0.5, 0.6) is 5.75 Å². The van der Waals surface area contributed by atoms with Gasteiger partial charge in [0.25, 0.3) is 5.91 Å². The monoisotopic (exact) mass is 467 g/mol. The molecule has 1 heterocycles. The topological polar surface area (TPSA) is 159 Å². The van der Waals surface area contributed by atoms with Gasteiger partial charge >= 0.3 is 5.97 Å². The summed E-state index contributed by atoms with van der Waals surface area (Å²) in [6.07, 6.45) is -0.263. The molecule has 34 heavy (non-hydrogen) atoms. The fourth-order valence-electron chi connectivity index (χ4n) is 3.26. The molecule has 2 atom stereocenters. The number of carbonyl (C=O) groups is 2. The molecule has 10 nitrogen and oxygen atoms in total. The first-order chi connectivity index (χ1) is 16.3. The smallest absolute Gasteiger partial charge is 0.320 e. The average Bonchev–Trinajstić information content (AvgIpc) is 3.30. The molecule has 0 aliphatic carbocycles. The molecule has 0 fully saturated rings. The summed E-state index contributed by atoms with van der Waals surface area (Å²) in [6.45, 7) is 2.76. The van der Waals surface area contributed by atoms with Crippen molar-refractivity contribution >= 4 is 23.4 Å². The largest absolute Gasteiger partial charge is 0.488 e. The molecule has 0 saturated heterocycles. The Morgan fingerprint density at radius 3 is 2.59 bits per heavy atom. The van der Waals surface area contributed by atoms with E-state index in [0.717, 1.165) is 11.1 Å². The van der Waals surface area contributed by atoms with E-state index in [-0.39, 0.29) is 37.7 Å². The van der Waals surface area contributed by atoms with Gasteiger partial charge in [0.05, 0.1) is 5.71 Å². The molecular weight excluding hydrogens is 438 g/mol. The SMILES string of the molecule is Cc1ccc(CNC(CCNC(=O)C2CC(COc3ccc(C(=N)N)cc3)=NO2)C(=O)O)cc1. The number of carboxylic acids is 1. The number of aliphatic carboxylic acids is 1. The number of nitrogens with two attached hydrogens (primary N) is 1. The summed E-state index contributed by atoms with van der Waals surface area (Å²) < 4.78 is 5.63. The van der Waals surface area contributed by atoms with Crippen molar-refractivity contribution in [3.63, 3.8) is 0 Å². The predicted molar refractivity (Wildman–Crippen MR) is 127 cm³/mol. The van der Waals surface area contributed by atoms with Crippen LogP contribution in [0.2, 0.25) is 0 Å². The predicted octanol–water partition coefficient (Wildman–Crippen LogP) is 1.55. The number of amides is 1. The first-order valence-corrected chi connectivity index (χ1v) is 10.9. The van der Waals surface area contributed by atoms with Crippen molar-refractivity contribution in [1.29, 1.82) is 5.41 Å². The summed E-state index contributed by atoms with van der Waals surface area (Å²) in [5.74, 6) is -0.769. The molecule has 3 rings (SSSR count). The maximum absolute atomic E-state index is 12.4. The minimum Gasteiger partial charge on any atom is -0.488 e. The van der Waals surface area contributed by atoms with Crippen LogP contribution in [0.15, 0.2) is 53.7 Å². The van der Waals surface area contributed by atoms with Crippen LogP contribution in [0.1, 0.15) is 29.5 Å². The van der Waals surface area contributed by atoms with Crippen LogP contribution in [0.4, 0.5) is 0 Å². The highest BCUT2D eigenvalue weighted by molar-refractivity contribution is 5.95. The van der Waals surface area contributed by atoms with Gasteiger partial charge in [-0.15, -0.1) is 0 Å². The molecule has 0 spiro atoms. The van der Waals surface area contributed by atoms with Crippen molar-refractivity contribution in [2.24, 2.45) is 10.9 Å². The Morgan fingerprint density at radius 1 is 1.24 bits per heavy atom. The van der Waals surface area contributed by atoms with Crippen molar-refractivity contribution in [3.05, 3.63) is 65.2 Å². The number of hydrogen-bond acceptors (Lipinski definition) is 7. The number of nitrogens with one attached hydrogen (secondary N) is 3. The van der Waals surface area contributed by atoms with Crippen LogP contribution in [0, 0.1) is 12.3 Å². The number of benzene rings is 2. The normalized spacial score (nSPS) is 15.7. The molecule has 1 amide bonds. The Bertz CT molecular complexity index is 1040. The second-order valence-corrected chi connectivity index (χ2v) is 8.02. The Kier molecular flexibility index (Phi) is 8.58. The van der Waals surface area contributed by atoms with Crippen molar-refractivity contribution in [1.82, 2.24) is 10.6 Å². The maximum Gasteiger partial charge on any atom is 0.320 e. The van der Waals surface area contributed by atoms with E-state index < -0.39 is 18.1 Å². The average molecular weight is 468 g/mol. The van der Waals surface area contributed by atoms with Crippen LogP contribution < -0.4 is 21.1 Å². The second kappa shape index (κ2) is 11.8. The highest BCUT2D eigenvalue weighted by atomic mass is 16.6. The zero-order valence-corrected chi connectivity index (χ0v) is 18.9. The van der Waals surface area contributed by atoms with Crippen molar-refractivity contribution in [3.8, 4) is 5.75 Å². The molecular formula is C24H29N5O5. The first-order valence-electron chi connectivity index (χ1n) is 10.9. The summed E-state index contributed by atoms with van der Waals surface area (Å²) in [5, 5.41) is 26.5. The van der Waals surface area contributed by atoms with Gasteiger partial charge in [-0.2, -0.15) is 0 Å². The van der Waals surface area contributed by atoms with Gasteiger partial charge in [0.2, 0.25) is 6.10 Å². The third-order valence-corrected chi connectivity index (χ3v) is 5.30. The van der Waals surface area contributed by atoms with Gasteiger partial charge in [0.15, 0.2) is 0 Å². The summed E-state index contributed by atoms with van der Waals surface area (Å²) in [7, 11) is 0. The van der Waals surface area contributed by atoms with Crippen LogP contribution in [-0.4, -0.2) is 53.8 Å². The molecule has 10 heteroatoms. The van der Waals surface area contributed by atoms with Crippen molar-refractivity contribution in [2.45, 2.75) is 38.5 Å². The van der Waals surface area contributed by atoms with Gasteiger partial charge in [-0.05, 0) is 43.2 Å². The highest BCUT2D eigenvalue weighted by Crippen LogP contribution is 2.15. The van der Waals surface area contributed by atoms with E-state index in [1.165, 1.54) is 0 Å². The van der Waals surface area contributed by atoms with Crippen LogP contribution in [0.25, 0.3) is 0 Å². The molecule has 2 aromatic carbocycles. The third-order valence-electron chi connectivity index (χ3n) is 5.30. The van der Waals surface area contributed by atoms with Gasteiger partial charge in [-0.25, -0.2) is 0 Å². The van der Waals surface area contributed by atoms with Crippen molar-refractivity contribution < 1.29 is 24.3 Å². The number of nitrogens with zero attached hydrogens (tertiary/aromatic N) is 1. The first kappa shape index (κ1) is 24.7. The Balaban J connectivity index is 1.37. The lowest BCUT2D eigenvalue weighted by Crippen LogP contribution is -2.41. The van der Waals surface area contributed by atoms with Crippen LogP contribution in [0.3, 0.4) is 0 Å². The van der Waals surface area contributed by atoms with E-state index in [4.69, 9.17) is 20.7 Å². The Labute approximate surface area is 197 Å². The summed E-state index contributed by atoms with van der Waals surface area (Å²) in [5.41, 5.74) is 8.73. The standard InChI is InChI=1S/C24H29N5O5/c1-15-2-4-16(5-3-15)13-28-20(24(31)32)10-11-27-23(30)21-12-18(29-34-21)14-33-19-8-6-17(7-9-19)22(25)26/h2-9,20-21,28H,10-14H2,1H3,(H3,25,26)(H,27,30)(H,31,32). The number of rotatable bonds is 12. The minimum absolute atomic E-state index is 0.0225. The number of amidine groups is 1. The lowest BCUT2D eigenvalue weighted by Gasteiger charge is -2.16. The molecule has 0 radical (unpaired) electrons. The van der Waals surface area contributed by atoms with Crippen LogP contribution in [-0.2, 0) is 21.0 Å². The zero-order valence-electron chi connectivity index (χ0n) is 18.9. The number of oxime groups is 1.